The Balaban J connectivity index is 1.33. The van der Waals surface area contributed by atoms with Crippen molar-refractivity contribution in [1.29, 1.82) is 0 Å². The van der Waals surface area contributed by atoms with Gasteiger partial charge in [0.05, 0.1) is 45.7 Å². The van der Waals surface area contributed by atoms with Crippen LogP contribution in [0.1, 0.15) is 89.8 Å². The lowest BCUT2D eigenvalue weighted by molar-refractivity contribution is -0.357. The van der Waals surface area contributed by atoms with Crippen molar-refractivity contribution in [2.45, 2.75) is 166 Å². The fraction of sp³-hybridized carbons (Fsp3) is 0.612. The normalized spacial score (nSPS) is 29.7. The Morgan fingerprint density at radius 1 is 0.694 bits per heavy atom. The predicted molar refractivity (Wildman–Crippen MR) is 232 cm³/mol. The molecular formula is C49H69NO12. The molecule has 0 radical (unpaired) electrons. The molecule has 13 nitrogen and oxygen atoms in total. The largest absolute Gasteiger partial charge is 0.394 e. The van der Waals surface area contributed by atoms with Crippen molar-refractivity contribution in [2.24, 2.45) is 0 Å². The van der Waals surface area contributed by atoms with Crippen molar-refractivity contribution in [3.63, 3.8) is 0 Å². The number of carbonyl (C=O) groups is 1. The highest BCUT2D eigenvalue weighted by Crippen LogP contribution is 2.36. The summed E-state index contributed by atoms with van der Waals surface area (Å²) in [6.07, 6.45) is -1.42. The second-order valence-electron chi connectivity index (χ2n) is 16.9. The van der Waals surface area contributed by atoms with Crippen molar-refractivity contribution in [3.8, 4) is 0 Å². The number of ether oxygens (including phenoxy) is 10. The summed E-state index contributed by atoms with van der Waals surface area (Å²) >= 11 is 0. The molecule has 3 aliphatic rings. The lowest BCUT2D eigenvalue weighted by Crippen LogP contribution is -2.68. The van der Waals surface area contributed by atoms with E-state index in [0.717, 1.165) is 36.0 Å². The van der Waals surface area contributed by atoms with E-state index < -0.39 is 79.8 Å². The quantitative estimate of drug-likeness (QED) is 0.0896. The Morgan fingerprint density at radius 2 is 1.26 bits per heavy atom. The molecule has 2 N–H and O–H groups in total. The first kappa shape index (κ1) is 48.2. The van der Waals surface area contributed by atoms with E-state index in [1.165, 1.54) is 26.2 Å². The van der Waals surface area contributed by atoms with E-state index in [1.54, 1.807) is 0 Å². The Kier molecular flexibility index (Phi) is 19.2. The highest BCUT2D eigenvalue weighted by atomic mass is 16.8. The molecule has 1 amide bonds. The second kappa shape index (κ2) is 24.7. The minimum atomic E-state index is -1.07. The van der Waals surface area contributed by atoms with Crippen LogP contribution < -0.4 is 5.32 Å². The summed E-state index contributed by atoms with van der Waals surface area (Å²) in [5, 5.41) is 14.0. The maximum Gasteiger partial charge on any atom is 0.217 e. The van der Waals surface area contributed by atoms with E-state index in [-0.39, 0.29) is 25.7 Å². The summed E-state index contributed by atoms with van der Waals surface area (Å²) in [4.78, 5) is 13.1. The van der Waals surface area contributed by atoms with Gasteiger partial charge in [0.15, 0.2) is 18.4 Å². The van der Waals surface area contributed by atoms with E-state index in [1.807, 2.05) is 112 Å². The van der Waals surface area contributed by atoms with Crippen molar-refractivity contribution in [2.75, 3.05) is 26.4 Å². The second-order valence-corrected chi connectivity index (χ2v) is 16.9. The summed E-state index contributed by atoms with van der Waals surface area (Å²) in [5.74, 6) is -1.09. The summed E-state index contributed by atoms with van der Waals surface area (Å²) in [5.41, 5.74) is 2.93. The lowest BCUT2D eigenvalue weighted by Gasteiger charge is -2.50. The minimum Gasteiger partial charge on any atom is -0.394 e. The predicted octanol–water partition coefficient (Wildman–Crippen LogP) is 7.01. The number of hydrogen-bond donors (Lipinski definition) is 2. The monoisotopic (exact) mass is 863 g/mol. The molecule has 3 saturated heterocycles. The average molecular weight is 864 g/mol. The number of aliphatic hydroxyl groups excluding tert-OH is 1. The van der Waals surface area contributed by atoms with Crippen LogP contribution in [0.25, 0.3) is 0 Å². The number of rotatable bonds is 24. The summed E-state index contributed by atoms with van der Waals surface area (Å²) in [6.45, 7) is 10.5. The third-order valence-corrected chi connectivity index (χ3v) is 11.4. The molecule has 0 saturated carbocycles. The average Bonchev–Trinajstić information content (AvgIpc) is 3.63. The fourth-order valence-corrected chi connectivity index (χ4v) is 8.22. The highest BCUT2D eigenvalue weighted by Gasteiger charge is 2.54. The molecule has 342 valence electrons. The smallest absolute Gasteiger partial charge is 0.217 e. The molecule has 6 rings (SSSR count). The van der Waals surface area contributed by atoms with Crippen LogP contribution in [0.3, 0.4) is 0 Å². The van der Waals surface area contributed by atoms with Gasteiger partial charge in [-0.3, -0.25) is 4.79 Å². The molecule has 13 heteroatoms. The number of amides is 1. The minimum absolute atomic E-state index is 0.109. The molecule has 3 fully saturated rings. The first-order valence-electron chi connectivity index (χ1n) is 22.5. The Hall–Kier alpha value is -3.31. The zero-order valence-electron chi connectivity index (χ0n) is 37.1. The molecule has 0 unspecified atom stereocenters. The van der Waals surface area contributed by atoms with Crippen LogP contribution in [0.5, 0.6) is 0 Å². The molecule has 11 atom stereocenters. The van der Waals surface area contributed by atoms with Crippen molar-refractivity contribution in [1.82, 2.24) is 5.32 Å². The van der Waals surface area contributed by atoms with Crippen molar-refractivity contribution in [3.05, 3.63) is 108 Å². The van der Waals surface area contributed by atoms with Crippen LogP contribution in [-0.4, -0.2) is 111 Å². The van der Waals surface area contributed by atoms with Gasteiger partial charge in [0.1, 0.15) is 48.8 Å². The van der Waals surface area contributed by atoms with E-state index >= 15 is 0 Å². The maximum atomic E-state index is 13.1. The van der Waals surface area contributed by atoms with Crippen LogP contribution in [-0.2, 0) is 72.0 Å². The zero-order chi connectivity index (χ0) is 43.7. The van der Waals surface area contributed by atoms with E-state index in [9.17, 15) is 9.90 Å². The summed E-state index contributed by atoms with van der Waals surface area (Å²) in [7, 11) is 0. The van der Waals surface area contributed by atoms with Gasteiger partial charge in [-0.05, 0) is 43.9 Å². The van der Waals surface area contributed by atoms with Crippen LogP contribution in [0.4, 0.5) is 0 Å². The molecule has 3 heterocycles. The molecule has 3 aromatic rings. The first-order valence-corrected chi connectivity index (χ1v) is 22.5. The standard InChI is InChI=1S/C49H69NO12/c1-6-7-8-9-10-20-27-53-47-41(50-35(3)52)44(43(40(28-51)60-47)57-32-39-33-58-49(4,5)62-39)61-48-46(56-31-38-25-18-13-19-26-38)45(55-30-37-23-16-12-17-24-37)42(34(2)59-48)54-29-36-21-14-11-15-22-36/h11-19,21-26,34,39-48,51H,6-10,20,27-33H2,1-5H3,(H,50,52)/t34-,39+,40+,41+,42+,43+,44+,45+,46-,47-,48-/m0/s1. The summed E-state index contributed by atoms with van der Waals surface area (Å²) in [6, 6.07) is 28.9. The number of unbranched alkanes of at least 4 members (excludes halogenated alkanes) is 5. The van der Waals surface area contributed by atoms with Crippen LogP contribution in [0.2, 0.25) is 0 Å². The topological polar surface area (TPSA) is 142 Å². The molecule has 0 bridgehead atoms. The SMILES string of the molecule is CCCCCCCCO[C@H]1O[C@H](CO)[C@@H](OC[C@@H]2COC(C)(C)O2)[C@H](O[C@@H]2O[C@@H](C)[C@@H](OCc3ccccc3)[C@@H](OCc3ccccc3)[C@@H]2OCc2ccccc2)[C@H]1NC(C)=O. The molecule has 62 heavy (non-hydrogen) atoms. The van der Waals surface area contributed by atoms with Gasteiger partial charge in [-0.25, -0.2) is 0 Å². The summed E-state index contributed by atoms with van der Waals surface area (Å²) < 4.78 is 65.7. The highest BCUT2D eigenvalue weighted by molar-refractivity contribution is 5.73. The van der Waals surface area contributed by atoms with Crippen molar-refractivity contribution < 1.29 is 57.3 Å². The molecular weight excluding hydrogens is 795 g/mol. The van der Waals surface area contributed by atoms with E-state index in [4.69, 9.17) is 47.4 Å². The van der Waals surface area contributed by atoms with E-state index in [2.05, 4.69) is 12.2 Å². The molecule has 0 aliphatic carbocycles. The molecule has 3 aliphatic heterocycles. The number of hydrogen-bond acceptors (Lipinski definition) is 12. The number of carbonyl (C=O) groups excluding carboxylic acids is 1. The van der Waals surface area contributed by atoms with Gasteiger partial charge in [0.2, 0.25) is 5.91 Å². The van der Waals surface area contributed by atoms with Gasteiger partial charge < -0.3 is 57.8 Å². The molecule has 0 spiro atoms. The third-order valence-electron chi connectivity index (χ3n) is 11.4. The third kappa shape index (κ3) is 14.3. The van der Waals surface area contributed by atoms with Gasteiger partial charge in [-0.1, -0.05) is 130 Å². The number of aliphatic hydroxyl groups is 1. The Labute approximate surface area is 367 Å². The number of nitrogens with one attached hydrogen (secondary N) is 1. The van der Waals surface area contributed by atoms with Gasteiger partial charge >= 0.3 is 0 Å². The van der Waals surface area contributed by atoms with Crippen molar-refractivity contribution >= 4 is 5.91 Å². The van der Waals surface area contributed by atoms with Gasteiger partial charge in [0.25, 0.3) is 0 Å². The van der Waals surface area contributed by atoms with Gasteiger partial charge in [-0.2, -0.15) is 0 Å². The van der Waals surface area contributed by atoms with Gasteiger partial charge in [0, 0.05) is 13.5 Å². The van der Waals surface area contributed by atoms with Crippen LogP contribution in [0, 0.1) is 0 Å². The Bertz CT molecular complexity index is 1700. The molecule has 0 aromatic heterocycles. The van der Waals surface area contributed by atoms with Gasteiger partial charge in [-0.15, -0.1) is 0 Å². The van der Waals surface area contributed by atoms with Crippen LogP contribution in [0.15, 0.2) is 91.0 Å². The maximum absolute atomic E-state index is 13.1. The lowest BCUT2D eigenvalue weighted by atomic mass is 9.94. The first-order chi connectivity index (χ1) is 30.1. The zero-order valence-corrected chi connectivity index (χ0v) is 37.1. The Morgan fingerprint density at radius 3 is 1.81 bits per heavy atom. The molecule has 3 aromatic carbocycles. The number of benzene rings is 3. The fourth-order valence-electron chi connectivity index (χ4n) is 8.22. The van der Waals surface area contributed by atoms with E-state index in [0.29, 0.717) is 19.8 Å². The van der Waals surface area contributed by atoms with Crippen LogP contribution >= 0.6 is 0 Å².